The summed E-state index contributed by atoms with van der Waals surface area (Å²) in [6, 6.07) is 15.0. The molecule has 2 aromatic carbocycles. The number of thiophene rings is 1. The molecule has 0 atom stereocenters. The first-order valence-corrected chi connectivity index (χ1v) is 10.6. The molecule has 0 spiro atoms. The molecule has 0 amide bonds. The Bertz CT molecular complexity index is 979. The van der Waals surface area contributed by atoms with Crippen molar-refractivity contribution in [3.63, 3.8) is 0 Å². The SMILES string of the molecule is COC(=O)C1CN(Cc2cc3ccc(OCCCc4ccc(F)cc4)cc3s2)C1. The molecule has 4 rings (SSSR count). The van der Waals surface area contributed by atoms with E-state index in [0.717, 1.165) is 43.8 Å². The quantitative estimate of drug-likeness (QED) is 0.398. The molecule has 1 aromatic heterocycles. The van der Waals surface area contributed by atoms with Crippen LogP contribution in [0.25, 0.3) is 10.1 Å². The third-order valence-corrected chi connectivity index (χ3v) is 6.29. The van der Waals surface area contributed by atoms with Crippen LogP contribution in [0.2, 0.25) is 0 Å². The lowest BCUT2D eigenvalue weighted by atomic mass is 10.0. The number of methoxy groups -OCH3 is 1. The molecular formula is C23H24FNO3S. The molecule has 4 nitrogen and oxygen atoms in total. The number of fused-ring (bicyclic) bond motifs is 1. The normalized spacial score (nSPS) is 14.7. The van der Waals surface area contributed by atoms with Crippen molar-refractivity contribution in [2.24, 2.45) is 5.92 Å². The standard InChI is InChI=1S/C23H24FNO3S/c1-27-23(26)18-13-25(14-18)15-21-11-17-6-9-20(12-22(17)29-21)28-10-2-3-16-4-7-19(24)8-5-16/h4-9,11-12,18H,2-3,10,13-15H2,1H3. The highest BCUT2D eigenvalue weighted by Gasteiger charge is 2.33. The van der Waals surface area contributed by atoms with Gasteiger partial charge in [-0.3, -0.25) is 9.69 Å². The summed E-state index contributed by atoms with van der Waals surface area (Å²) >= 11 is 1.77. The van der Waals surface area contributed by atoms with Crippen LogP contribution in [0.5, 0.6) is 5.75 Å². The second-order valence-electron chi connectivity index (χ2n) is 7.40. The van der Waals surface area contributed by atoms with Gasteiger partial charge in [-0.1, -0.05) is 12.1 Å². The number of rotatable bonds is 8. The van der Waals surface area contributed by atoms with Crippen molar-refractivity contribution in [2.45, 2.75) is 19.4 Å². The Morgan fingerprint density at radius 3 is 2.72 bits per heavy atom. The van der Waals surface area contributed by atoms with E-state index in [-0.39, 0.29) is 17.7 Å². The molecule has 29 heavy (non-hydrogen) atoms. The molecule has 0 unspecified atom stereocenters. The Morgan fingerprint density at radius 1 is 1.17 bits per heavy atom. The van der Waals surface area contributed by atoms with E-state index in [9.17, 15) is 9.18 Å². The fraction of sp³-hybridized carbons (Fsp3) is 0.348. The average Bonchev–Trinajstić information content (AvgIpc) is 3.10. The molecule has 1 fully saturated rings. The minimum Gasteiger partial charge on any atom is -0.494 e. The first kappa shape index (κ1) is 19.9. The van der Waals surface area contributed by atoms with E-state index in [2.05, 4.69) is 23.1 Å². The number of hydrogen-bond acceptors (Lipinski definition) is 5. The van der Waals surface area contributed by atoms with Gasteiger partial charge in [0.1, 0.15) is 11.6 Å². The summed E-state index contributed by atoms with van der Waals surface area (Å²) in [4.78, 5) is 15.0. The van der Waals surface area contributed by atoms with Crippen LogP contribution < -0.4 is 4.74 Å². The minimum absolute atomic E-state index is 0.0179. The summed E-state index contributed by atoms with van der Waals surface area (Å²) < 4.78 is 24.8. The summed E-state index contributed by atoms with van der Waals surface area (Å²) in [5, 5.41) is 1.22. The zero-order valence-corrected chi connectivity index (χ0v) is 17.2. The second-order valence-corrected chi connectivity index (χ2v) is 8.57. The van der Waals surface area contributed by atoms with E-state index in [1.54, 1.807) is 11.3 Å². The largest absolute Gasteiger partial charge is 0.494 e. The molecule has 6 heteroatoms. The van der Waals surface area contributed by atoms with Gasteiger partial charge in [-0.15, -0.1) is 11.3 Å². The summed E-state index contributed by atoms with van der Waals surface area (Å²) in [6.45, 7) is 3.02. The summed E-state index contributed by atoms with van der Waals surface area (Å²) in [7, 11) is 1.44. The summed E-state index contributed by atoms with van der Waals surface area (Å²) in [6.07, 6.45) is 1.75. The van der Waals surface area contributed by atoms with Crippen LogP contribution in [0.3, 0.4) is 0 Å². The van der Waals surface area contributed by atoms with Crippen LogP contribution in [-0.2, 0) is 22.5 Å². The van der Waals surface area contributed by atoms with Crippen molar-refractivity contribution in [2.75, 3.05) is 26.8 Å². The van der Waals surface area contributed by atoms with Crippen LogP contribution in [0.4, 0.5) is 4.39 Å². The molecule has 152 valence electrons. The molecule has 1 aliphatic rings. The number of hydrogen-bond donors (Lipinski definition) is 0. The third-order valence-electron chi connectivity index (χ3n) is 5.21. The zero-order chi connectivity index (χ0) is 20.2. The fourth-order valence-corrected chi connectivity index (χ4v) is 4.72. The van der Waals surface area contributed by atoms with E-state index in [1.807, 2.05) is 18.2 Å². The molecule has 0 aliphatic carbocycles. The van der Waals surface area contributed by atoms with Gasteiger partial charge in [0.25, 0.3) is 0 Å². The first-order valence-electron chi connectivity index (χ1n) is 9.80. The Kier molecular flexibility index (Phi) is 6.11. The molecule has 0 bridgehead atoms. The predicted molar refractivity (Wildman–Crippen MR) is 113 cm³/mol. The number of likely N-dealkylation sites (tertiary alicyclic amines) is 1. The summed E-state index contributed by atoms with van der Waals surface area (Å²) in [5.74, 6) is 0.578. The number of esters is 1. The van der Waals surface area contributed by atoms with E-state index in [0.29, 0.717) is 6.61 Å². The average molecular weight is 414 g/mol. The monoisotopic (exact) mass is 413 g/mol. The van der Waals surface area contributed by atoms with Crippen molar-refractivity contribution in [1.29, 1.82) is 0 Å². The van der Waals surface area contributed by atoms with Gasteiger partial charge in [-0.05, 0) is 60.2 Å². The number of nitrogens with zero attached hydrogens (tertiary/aromatic N) is 1. The molecule has 1 saturated heterocycles. The van der Waals surface area contributed by atoms with Crippen LogP contribution in [0.1, 0.15) is 16.9 Å². The van der Waals surface area contributed by atoms with Crippen LogP contribution in [0, 0.1) is 11.7 Å². The van der Waals surface area contributed by atoms with E-state index < -0.39 is 0 Å². The highest BCUT2D eigenvalue weighted by molar-refractivity contribution is 7.19. The lowest BCUT2D eigenvalue weighted by Gasteiger charge is -2.36. The highest BCUT2D eigenvalue weighted by Crippen LogP contribution is 2.31. The van der Waals surface area contributed by atoms with Gasteiger partial charge < -0.3 is 9.47 Å². The lowest BCUT2D eigenvalue weighted by Crippen LogP contribution is -2.49. The van der Waals surface area contributed by atoms with Crippen LogP contribution in [0.15, 0.2) is 48.5 Å². The number of ether oxygens (including phenoxy) is 2. The van der Waals surface area contributed by atoms with Gasteiger partial charge in [0, 0.05) is 29.2 Å². The molecule has 1 aliphatic heterocycles. The second kappa shape index (κ2) is 8.93. The first-order chi connectivity index (χ1) is 14.1. The molecule has 2 heterocycles. The smallest absolute Gasteiger partial charge is 0.311 e. The Balaban J connectivity index is 1.27. The number of carbonyl (C=O) groups is 1. The van der Waals surface area contributed by atoms with Gasteiger partial charge in [0.15, 0.2) is 0 Å². The Morgan fingerprint density at radius 2 is 1.97 bits per heavy atom. The third kappa shape index (κ3) is 4.95. The highest BCUT2D eigenvalue weighted by atomic mass is 32.1. The summed E-state index contributed by atoms with van der Waals surface area (Å²) in [5.41, 5.74) is 1.12. The fourth-order valence-electron chi connectivity index (χ4n) is 3.59. The van der Waals surface area contributed by atoms with Crippen LogP contribution >= 0.6 is 11.3 Å². The van der Waals surface area contributed by atoms with Crippen molar-refractivity contribution in [1.82, 2.24) is 4.90 Å². The predicted octanol–water partition coefficient (Wildman–Crippen LogP) is 4.66. The molecule has 3 aromatic rings. The molecule has 0 radical (unpaired) electrons. The Labute approximate surface area is 173 Å². The molecular weight excluding hydrogens is 389 g/mol. The minimum atomic E-state index is -0.203. The van der Waals surface area contributed by atoms with E-state index in [4.69, 9.17) is 9.47 Å². The maximum absolute atomic E-state index is 12.9. The Hall–Kier alpha value is -2.44. The van der Waals surface area contributed by atoms with Crippen molar-refractivity contribution < 1.29 is 18.7 Å². The maximum Gasteiger partial charge on any atom is 0.311 e. The van der Waals surface area contributed by atoms with Crippen molar-refractivity contribution in [3.05, 3.63) is 64.8 Å². The zero-order valence-electron chi connectivity index (χ0n) is 16.4. The topological polar surface area (TPSA) is 38.8 Å². The van der Waals surface area contributed by atoms with Gasteiger partial charge in [-0.2, -0.15) is 0 Å². The van der Waals surface area contributed by atoms with Gasteiger partial charge in [-0.25, -0.2) is 4.39 Å². The number of aryl methyl sites for hydroxylation is 1. The molecule has 0 N–H and O–H groups in total. The van der Waals surface area contributed by atoms with Crippen molar-refractivity contribution >= 4 is 27.4 Å². The van der Waals surface area contributed by atoms with Gasteiger partial charge in [0.2, 0.25) is 0 Å². The number of carbonyl (C=O) groups excluding carboxylic acids is 1. The molecule has 0 saturated carbocycles. The van der Waals surface area contributed by atoms with Gasteiger partial charge in [0.05, 0.1) is 19.6 Å². The van der Waals surface area contributed by atoms with Crippen LogP contribution in [-0.4, -0.2) is 37.7 Å². The number of halogens is 1. The lowest BCUT2D eigenvalue weighted by molar-refractivity contribution is -0.151. The number of benzene rings is 2. The maximum atomic E-state index is 12.9. The van der Waals surface area contributed by atoms with E-state index >= 15 is 0 Å². The van der Waals surface area contributed by atoms with Crippen molar-refractivity contribution in [3.8, 4) is 5.75 Å². The van der Waals surface area contributed by atoms with Gasteiger partial charge >= 0.3 is 5.97 Å². The van der Waals surface area contributed by atoms with E-state index in [1.165, 1.54) is 34.2 Å².